The van der Waals surface area contributed by atoms with Gasteiger partial charge in [0.15, 0.2) is 0 Å². The van der Waals surface area contributed by atoms with Crippen molar-refractivity contribution >= 4 is 23.2 Å². The first-order valence-electron chi connectivity index (χ1n) is 6.03. The zero-order valence-electron chi connectivity index (χ0n) is 10.4. The van der Waals surface area contributed by atoms with E-state index in [1.165, 1.54) is 0 Å². The molecule has 0 amide bonds. The minimum absolute atomic E-state index is 0.171. The molecule has 96 valence electrons. The van der Waals surface area contributed by atoms with E-state index in [9.17, 15) is 0 Å². The SMILES string of the molecule is CCCN(CC)C(CN)c1ccc(Cl)cc1Cl. The van der Waals surface area contributed by atoms with Crippen LogP contribution in [0.4, 0.5) is 0 Å². The van der Waals surface area contributed by atoms with Crippen molar-refractivity contribution in [3.63, 3.8) is 0 Å². The molecule has 1 unspecified atom stereocenters. The molecule has 4 heteroatoms. The second-order valence-corrected chi connectivity index (χ2v) is 4.89. The average Bonchev–Trinajstić information content (AvgIpc) is 2.31. The number of rotatable bonds is 6. The third-order valence-electron chi connectivity index (χ3n) is 2.90. The van der Waals surface area contributed by atoms with Gasteiger partial charge in [0.05, 0.1) is 0 Å². The lowest BCUT2D eigenvalue weighted by molar-refractivity contribution is 0.213. The van der Waals surface area contributed by atoms with Gasteiger partial charge in [-0.1, -0.05) is 43.1 Å². The van der Waals surface area contributed by atoms with Crippen LogP contribution in [0, 0.1) is 0 Å². The lowest BCUT2D eigenvalue weighted by Gasteiger charge is -2.30. The van der Waals surface area contributed by atoms with Gasteiger partial charge < -0.3 is 5.73 Å². The van der Waals surface area contributed by atoms with E-state index in [1.807, 2.05) is 12.1 Å². The van der Waals surface area contributed by atoms with Gasteiger partial charge in [0.1, 0.15) is 0 Å². The fraction of sp³-hybridized carbons (Fsp3) is 0.538. The Balaban J connectivity index is 2.99. The van der Waals surface area contributed by atoms with Crippen LogP contribution in [-0.4, -0.2) is 24.5 Å². The van der Waals surface area contributed by atoms with Crippen molar-refractivity contribution < 1.29 is 0 Å². The van der Waals surface area contributed by atoms with Crippen LogP contribution in [0.1, 0.15) is 31.9 Å². The van der Waals surface area contributed by atoms with Crippen LogP contribution in [0.5, 0.6) is 0 Å². The maximum absolute atomic E-state index is 6.24. The highest BCUT2D eigenvalue weighted by molar-refractivity contribution is 6.35. The summed E-state index contributed by atoms with van der Waals surface area (Å²) in [6, 6.07) is 5.79. The molecule has 0 saturated carbocycles. The summed E-state index contributed by atoms with van der Waals surface area (Å²) in [5, 5.41) is 1.36. The number of hydrogen-bond acceptors (Lipinski definition) is 2. The smallest absolute Gasteiger partial charge is 0.0485 e. The molecule has 1 atom stereocenters. The molecule has 2 nitrogen and oxygen atoms in total. The van der Waals surface area contributed by atoms with Crippen LogP contribution in [0.3, 0.4) is 0 Å². The number of benzene rings is 1. The maximum Gasteiger partial charge on any atom is 0.0485 e. The Kier molecular flexibility index (Phi) is 6.28. The molecule has 1 aromatic rings. The average molecular weight is 275 g/mol. The van der Waals surface area contributed by atoms with Gasteiger partial charge in [-0.3, -0.25) is 4.90 Å². The minimum Gasteiger partial charge on any atom is -0.329 e. The Morgan fingerprint density at radius 1 is 1.29 bits per heavy atom. The third-order valence-corrected chi connectivity index (χ3v) is 3.46. The lowest BCUT2D eigenvalue weighted by atomic mass is 10.0. The largest absolute Gasteiger partial charge is 0.329 e. The fourth-order valence-corrected chi connectivity index (χ4v) is 2.60. The number of likely N-dealkylation sites (N-methyl/N-ethyl adjacent to an activating group) is 1. The summed E-state index contributed by atoms with van der Waals surface area (Å²) in [5.41, 5.74) is 6.95. The maximum atomic E-state index is 6.24. The van der Waals surface area contributed by atoms with Gasteiger partial charge in [-0.25, -0.2) is 0 Å². The molecular weight excluding hydrogens is 255 g/mol. The van der Waals surface area contributed by atoms with Gasteiger partial charge in [0.25, 0.3) is 0 Å². The van der Waals surface area contributed by atoms with Crippen LogP contribution in [0.15, 0.2) is 18.2 Å². The molecule has 0 saturated heterocycles. The highest BCUT2D eigenvalue weighted by Crippen LogP contribution is 2.29. The molecule has 2 N–H and O–H groups in total. The van der Waals surface area contributed by atoms with E-state index in [-0.39, 0.29) is 6.04 Å². The molecule has 1 aromatic carbocycles. The van der Waals surface area contributed by atoms with Crippen LogP contribution in [0.25, 0.3) is 0 Å². The molecule has 0 spiro atoms. The first-order valence-corrected chi connectivity index (χ1v) is 6.78. The van der Waals surface area contributed by atoms with Crippen molar-refractivity contribution in [3.05, 3.63) is 33.8 Å². The number of nitrogens with two attached hydrogens (primary N) is 1. The Bertz CT molecular complexity index is 355. The van der Waals surface area contributed by atoms with E-state index in [1.54, 1.807) is 6.07 Å². The molecule has 0 bridgehead atoms. The Hall–Kier alpha value is -0.280. The second kappa shape index (κ2) is 7.22. The first-order chi connectivity index (χ1) is 8.13. The molecule has 0 heterocycles. The van der Waals surface area contributed by atoms with Gasteiger partial charge >= 0.3 is 0 Å². The first kappa shape index (κ1) is 14.8. The highest BCUT2D eigenvalue weighted by atomic mass is 35.5. The topological polar surface area (TPSA) is 29.3 Å². The molecule has 0 aliphatic carbocycles. The van der Waals surface area contributed by atoms with Gasteiger partial charge in [-0.15, -0.1) is 0 Å². The van der Waals surface area contributed by atoms with Crippen molar-refractivity contribution in [2.45, 2.75) is 26.3 Å². The van der Waals surface area contributed by atoms with Gasteiger partial charge in [0.2, 0.25) is 0 Å². The van der Waals surface area contributed by atoms with Crippen LogP contribution in [-0.2, 0) is 0 Å². The van der Waals surface area contributed by atoms with Gasteiger partial charge in [-0.05, 0) is 37.2 Å². The number of nitrogens with zero attached hydrogens (tertiary/aromatic N) is 1. The quantitative estimate of drug-likeness (QED) is 0.857. The predicted molar refractivity (Wildman–Crippen MR) is 75.8 cm³/mol. The summed E-state index contributed by atoms with van der Waals surface area (Å²) in [4.78, 5) is 2.34. The van der Waals surface area contributed by atoms with Crippen LogP contribution in [0.2, 0.25) is 10.0 Å². The zero-order chi connectivity index (χ0) is 12.8. The van der Waals surface area contributed by atoms with E-state index in [0.29, 0.717) is 16.6 Å². The lowest BCUT2D eigenvalue weighted by Crippen LogP contribution is -2.34. The molecule has 17 heavy (non-hydrogen) atoms. The Labute approximate surface area is 114 Å². The monoisotopic (exact) mass is 274 g/mol. The van der Waals surface area contributed by atoms with Crippen molar-refractivity contribution in [1.82, 2.24) is 4.90 Å². The summed E-state index contributed by atoms with van der Waals surface area (Å²) in [6.45, 7) is 6.86. The molecule has 0 aromatic heterocycles. The highest BCUT2D eigenvalue weighted by Gasteiger charge is 2.19. The Morgan fingerprint density at radius 2 is 2.00 bits per heavy atom. The van der Waals surface area contributed by atoms with Gasteiger partial charge in [0, 0.05) is 22.6 Å². The second-order valence-electron chi connectivity index (χ2n) is 4.05. The van der Waals surface area contributed by atoms with E-state index < -0.39 is 0 Å². The Morgan fingerprint density at radius 3 is 2.47 bits per heavy atom. The summed E-state index contributed by atoms with van der Waals surface area (Å²) < 4.78 is 0. The predicted octanol–water partition coefficient (Wildman–Crippen LogP) is 3.73. The summed E-state index contributed by atoms with van der Waals surface area (Å²) in [7, 11) is 0. The molecule has 0 aliphatic heterocycles. The van der Waals surface area contributed by atoms with E-state index in [0.717, 1.165) is 25.1 Å². The minimum atomic E-state index is 0.171. The van der Waals surface area contributed by atoms with E-state index in [2.05, 4.69) is 18.7 Å². The van der Waals surface area contributed by atoms with Crippen molar-refractivity contribution in [2.75, 3.05) is 19.6 Å². The zero-order valence-corrected chi connectivity index (χ0v) is 11.9. The molecule has 0 radical (unpaired) electrons. The van der Waals surface area contributed by atoms with Crippen molar-refractivity contribution in [2.24, 2.45) is 5.73 Å². The van der Waals surface area contributed by atoms with Crippen molar-refractivity contribution in [3.8, 4) is 0 Å². The number of halogens is 2. The normalized spacial score (nSPS) is 13.1. The van der Waals surface area contributed by atoms with Crippen LogP contribution >= 0.6 is 23.2 Å². The number of hydrogen-bond donors (Lipinski definition) is 1. The summed E-state index contributed by atoms with van der Waals surface area (Å²) in [5.74, 6) is 0. The van der Waals surface area contributed by atoms with Gasteiger partial charge in [-0.2, -0.15) is 0 Å². The molecular formula is C13H20Cl2N2. The van der Waals surface area contributed by atoms with Crippen molar-refractivity contribution in [1.29, 1.82) is 0 Å². The van der Waals surface area contributed by atoms with Crippen LogP contribution < -0.4 is 5.73 Å². The van der Waals surface area contributed by atoms with E-state index in [4.69, 9.17) is 28.9 Å². The molecule has 0 fully saturated rings. The van der Waals surface area contributed by atoms with E-state index >= 15 is 0 Å². The summed E-state index contributed by atoms with van der Waals surface area (Å²) >= 11 is 12.1. The standard InChI is InChI=1S/C13H20Cl2N2/c1-3-7-17(4-2)13(9-16)11-6-5-10(14)8-12(11)15/h5-6,8,13H,3-4,7,9,16H2,1-2H3. The fourth-order valence-electron chi connectivity index (χ4n) is 2.07. The molecule has 0 aliphatic rings. The summed E-state index contributed by atoms with van der Waals surface area (Å²) in [6.07, 6.45) is 1.11. The third kappa shape index (κ3) is 3.85. The molecule has 1 rings (SSSR count).